The van der Waals surface area contributed by atoms with Gasteiger partial charge in [0.1, 0.15) is 5.82 Å². The molecule has 1 aliphatic rings. The predicted molar refractivity (Wildman–Crippen MR) is 47.4 cm³/mol. The highest BCUT2D eigenvalue weighted by Gasteiger charge is 2.24. The van der Waals surface area contributed by atoms with Crippen LogP contribution < -0.4 is 15.8 Å². The third-order valence-corrected chi connectivity index (χ3v) is 1.79. The van der Waals surface area contributed by atoms with Gasteiger partial charge in [0.05, 0.1) is 0 Å². The van der Waals surface area contributed by atoms with E-state index in [1.54, 1.807) is 19.1 Å². The van der Waals surface area contributed by atoms with Gasteiger partial charge in [-0.2, -0.15) is 0 Å². The molecule has 0 spiro atoms. The number of nitrogens with zero attached hydrogens (tertiary/aromatic N) is 1. The molecule has 0 saturated carbocycles. The topological polar surface area (TPSA) is 77.2 Å². The summed E-state index contributed by atoms with van der Waals surface area (Å²) in [6, 6.07) is 3.32. The Labute approximate surface area is 74.9 Å². The summed E-state index contributed by atoms with van der Waals surface area (Å²) in [5.74, 6) is 1.10. The van der Waals surface area contributed by atoms with Gasteiger partial charge in [-0.15, -0.1) is 0 Å². The lowest BCUT2D eigenvalue weighted by Gasteiger charge is -2.22. The number of nitrogens with two attached hydrogens (primary N) is 1. The van der Waals surface area contributed by atoms with E-state index in [1.165, 1.54) is 0 Å². The number of fused-ring (bicyclic) bond motifs is 1. The first-order chi connectivity index (χ1) is 6.16. The van der Waals surface area contributed by atoms with Gasteiger partial charge in [-0.25, -0.2) is 4.98 Å². The van der Waals surface area contributed by atoms with Crippen LogP contribution in [0.2, 0.25) is 0 Å². The van der Waals surface area contributed by atoms with Crippen LogP contribution in [-0.2, 0) is 4.79 Å². The van der Waals surface area contributed by atoms with Crippen LogP contribution in [0.25, 0.3) is 0 Å². The predicted octanol–water partition coefficient (Wildman–Crippen LogP) is 0.383. The maximum absolute atomic E-state index is 11.2. The zero-order valence-corrected chi connectivity index (χ0v) is 7.07. The SMILES string of the molecule is CC1Oc2ccc(N)nc2NC1=O. The molecule has 5 nitrogen and oxygen atoms in total. The number of carbonyl (C=O) groups is 1. The molecule has 0 radical (unpaired) electrons. The molecule has 1 aromatic heterocycles. The Kier molecular flexibility index (Phi) is 1.58. The number of pyridine rings is 1. The van der Waals surface area contributed by atoms with Crippen molar-refractivity contribution in [3.8, 4) is 5.75 Å². The minimum atomic E-state index is -0.474. The molecule has 1 aliphatic heterocycles. The summed E-state index contributed by atoms with van der Waals surface area (Å²) >= 11 is 0. The Morgan fingerprint density at radius 2 is 2.38 bits per heavy atom. The summed E-state index contributed by atoms with van der Waals surface area (Å²) in [6.45, 7) is 1.68. The van der Waals surface area contributed by atoms with Crippen molar-refractivity contribution in [2.24, 2.45) is 0 Å². The average Bonchev–Trinajstić information content (AvgIpc) is 2.08. The molecule has 5 heteroatoms. The highest BCUT2D eigenvalue weighted by Crippen LogP contribution is 2.27. The quantitative estimate of drug-likeness (QED) is 0.603. The summed E-state index contributed by atoms with van der Waals surface area (Å²) in [6.07, 6.45) is -0.474. The zero-order chi connectivity index (χ0) is 9.42. The number of hydrogen-bond donors (Lipinski definition) is 2. The monoisotopic (exact) mass is 179 g/mol. The normalized spacial score (nSPS) is 20.1. The van der Waals surface area contributed by atoms with Crippen molar-refractivity contribution < 1.29 is 9.53 Å². The lowest BCUT2D eigenvalue weighted by atomic mass is 10.3. The Hall–Kier alpha value is -1.78. The molecule has 68 valence electrons. The number of anilines is 2. The van der Waals surface area contributed by atoms with Crippen LogP contribution in [0.15, 0.2) is 12.1 Å². The second kappa shape index (κ2) is 2.62. The van der Waals surface area contributed by atoms with E-state index in [9.17, 15) is 4.79 Å². The molecular weight excluding hydrogens is 170 g/mol. The van der Waals surface area contributed by atoms with Crippen molar-refractivity contribution in [1.29, 1.82) is 0 Å². The maximum Gasteiger partial charge on any atom is 0.266 e. The van der Waals surface area contributed by atoms with Gasteiger partial charge in [0.15, 0.2) is 17.7 Å². The Morgan fingerprint density at radius 1 is 1.62 bits per heavy atom. The standard InChI is InChI=1S/C8H9N3O2/c1-4-8(12)11-7-5(13-4)2-3-6(9)10-7/h2-4H,1H3,(H3,9,10,11,12). The minimum Gasteiger partial charge on any atom is -0.477 e. The van der Waals surface area contributed by atoms with Crippen molar-refractivity contribution in [3.63, 3.8) is 0 Å². The molecule has 0 bridgehead atoms. The molecule has 2 heterocycles. The summed E-state index contributed by atoms with van der Waals surface area (Å²) in [5, 5.41) is 2.60. The third kappa shape index (κ3) is 1.28. The van der Waals surface area contributed by atoms with Crippen molar-refractivity contribution in [2.45, 2.75) is 13.0 Å². The number of amides is 1. The second-order valence-corrected chi connectivity index (χ2v) is 2.83. The van der Waals surface area contributed by atoms with Gasteiger partial charge >= 0.3 is 0 Å². The number of rotatable bonds is 0. The number of ether oxygens (including phenoxy) is 1. The van der Waals surface area contributed by atoms with Crippen LogP contribution in [0.5, 0.6) is 5.75 Å². The van der Waals surface area contributed by atoms with E-state index in [-0.39, 0.29) is 5.91 Å². The van der Waals surface area contributed by atoms with Gasteiger partial charge in [0.25, 0.3) is 5.91 Å². The first kappa shape index (κ1) is 7.85. The second-order valence-electron chi connectivity index (χ2n) is 2.83. The lowest BCUT2D eigenvalue weighted by molar-refractivity contribution is -0.122. The fourth-order valence-electron chi connectivity index (χ4n) is 1.11. The molecule has 3 N–H and O–H groups in total. The maximum atomic E-state index is 11.2. The number of carbonyl (C=O) groups excluding carboxylic acids is 1. The van der Waals surface area contributed by atoms with Gasteiger partial charge in [0.2, 0.25) is 0 Å². The van der Waals surface area contributed by atoms with Crippen molar-refractivity contribution >= 4 is 17.5 Å². The number of hydrogen-bond acceptors (Lipinski definition) is 4. The van der Waals surface area contributed by atoms with Gasteiger partial charge in [-0.3, -0.25) is 4.79 Å². The Balaban J connectivity index is 2.42. The van der Waals surface area contributed by atoms with Crippen LogP contribution in [0.4, 0.5) is 11.6 Å². The van der Waals surface area contributed by atoms with Crippen LogP contribution in [0, 0.1) is 0 Å². The van der Waals surface area contributed by atoms with Crippen LogP contribution in [0.1, 0.15) is 6.92 Å². The molecule has 1 atom stereocenters. The summed E-state index contributed by atoms with van der Waals surface area (Å²) in [4.78, 5) is 15.1. The average molecular weight is 179 g/mol. The van der Waals surface area contributed by atoms with E-state index in [1.807, 2.05) is 0 Å². The van der Waals surface area contributed by atoms with E-state index < -0.39 is 6.10 Å². The van der Waals surface area contributed by atoms with Gasteiger partial charge < -0.3 is 15.8 Å². The van der Waals surface area contributed by atoms with Gasteiger partial charge in [-0.1, -0.05) is 0 Å². The van der Waals surface area contributed by atoms with Crippen molar-refractivity contribution in [3.05, 3.63) is 12.1 Å². The molecule has 0 aromatic carbocycles. The van der Waals surface area contributed by atoms with Crippen LogP contribution in [0.3, 0.4) is 0 Å². The number of nitrogen functional groups attached to an aromatic ring is 1. The summed E-state index contributed by atoms with van der Waals surface area (Å²) in [5.41, 5.74) is 5.44. The molecule has 1 amide bonds. The molecule has 0 saturated heterocycles. The van der Waals surface area contributed by atoms with Gasteiger partial charge in [-0.05, 0) is 19.1 Å². The molecule has 1 aromatic rings. The lowest BCUT2D eigenvalue weighted by Crippen LogP contribution is -2.34. The zero-order valence-electron chi connectivity index (χ0n) is 7.07. The fourth-order valence-corrected chi connectivity index (χ4v) is 1.11. The highest BCUT2D eigenvalue weighted by atomic mass is 16.5. The Morgan fingerprint density at radius 3 is 3.15 bits per heavy atom. The summed E-state index contributed by atoms with van der Waals surface area (Å²) < 4.78 is 5.27. The van der Waals surface area contributed by atoms with Crippen LogP contribution >= 0.6 is 0 Å². The van der Waals surface area contributed by atoms with Crippen molar-refractivity contribution in [1.82, 2.24) is 4.98 Å². The first-order valence-corrected chi connectivity index (χ1v) is 3.91. The Bertz CT molecular complexity index is 364. The molecule has 2 rings (SSSR count). The molecular formula is C8H9N3O2. The third-order valence-electron chi connectivity index (χ3n) is 1.79. The van der Waals surface area contributed by atoms with E-state index in [0.717, 1.165) is 0 Å². The molecule has 0 aliphatic carbocycles. The van der Waals surface area contributed by atoms with Crippen molar-refractivity contribution in [2.75, 3.05) is 11.1 Å². The number of aromatic nitrogens is 1. The van der Waals surface area contributed by atoms with E-state index in [2.05, 4.69) is 10.3 Å². The molecule has 13 heavy (non-hydrogen) atoms. The largest absolute Gasteiger partial charge is 0.477 e. The van der Waals surface area contributed by atoms with Gasteiger partial charge in [0, 0.05) is 0 Å². The molecule has 0 fully saturated rings. The smallest absolute Gasteiger partial charge is 0.266 e. The molecule has 1 unspecified atom stereocenters. The van der Waals surface area contributed by atoms with E-state index in [0.29, 0.717) is 17.4 Å². The van der Waals surface area contributed by atoms with Crippen LogP contribution in [-0.4, -0.2) is 17.0 Å². The fraction of sp³-hybridized carbons (Fsp3) is 0.250. The van der Waals surface area contributed by atoms with E-state index >= 15 is 0 Å². The summed E-state index contributed by atoms with van der Waals surface area (Å²) in [7, 11) is 0. The first-order valence-electron chi connectivity index (χ1n) is 3.91. The minimum absolute atomic E-state index is 0.203. The van der Waals surface area contributed by atoms with E-state index in [4.69, 9.17) is 10.5 Å². The highest BCUT2D eigenvalue weighted by molar-refractivity contribution is 5.96. The number of nitrogens with one attached hydrogen (secondary N) is 1.